The van der Waals surface area contributed by atoms with E-state index in [4.69, 9.17) is 0 Å². The van der Waals surface area contributed by atoms with Gasteiger partial charge in [-0.1, -0.05) is 54.6 Å². The summed E-state index contributed by atoms with van der Waals surface area (Å²) < 4.78 is 1.04. The zero-order valence-electron chi connectivity index (χ0n) is 11.7. The van der Waals surface area contributed by atoms with Crippen molar-refractivity contribution < 1.29 is 4.79 Å². The highest BCUT2D eigenvalue weighted by atomic mass is 79.9. The van der Waals surface area contributed by atoms with Gasteiger partial charge in [0.2, 0.25) is 0 Å². The molecule has 0 spiro atoms. The Morgan fingerprint density at radius 1 is 0.955 bits per heavy atom. The van der Waals surface area contributed by atoms with Gasteiger partial charge in [0, 0.05) is 20.3 Å². The van der Waals surface area contributed by atoms with Crippen molar-refractivity contribution in [3.63, 3.8) is 0 Å². The third-order valence-corrected chi connectivity index (χ3v) is 4.92. The Bertz CT molecular complexity index is 801. The Balaban J connectivity index is 1.75. The lowest BCUT2D eigenvalue weighted by atomic mass is 10.0. The second-order valence-electron chi connectivity index (χ2n) is 4.81. The highest BCUT2D eigenvalue weighted by molar-refractivity contribution is 9.10. The lowest BCUT2D eigenvalue weighted by molar-refractivity contribution is 0.104. The predicted molar refractivity (Wildman–Crippen MR) is 97.3 cm³/mol. The van der Waals surface area contributed by atoms with Gasteiger partial charge in [0.15, 0.2) is 5.78 Å². The van der Waals surface area contributed by atoms with Crippen LogP contribution < -0.4 is 0 Å². The monoisotopic (exact) mass is 368 g/mol. The molecule has 1 nitrogen and oxygen atoms in total. The molecule has 1 aromatic heterocycles. The summed E-state index contributed by atoms with van der Waals surface area (Å²) in [7, 11) is 0. The summed E-state index contributed by atoms with van der Waals surface area (Å²) in [4.78, 5) is 13.2. The average molecular weight is 369 g/mol. The van der Waals surface area contributed by atoms with E-state index in [9.17, 15) is 4.79 Å². The second-order valence-corrected chi connectivity index (χ2v) is 6.67. The summed E-state index contributed by atoms with van der Waals surface area (Å²) in [5, 5.41) is 2.00. The van der Waals surface area contributed by atoms with Crippen LogP contribution in [0.4, 0.5) is 0 Å². The van der Waals surface area contributed by atoms with E-state index in [1.165, 1.54) is 0 Å². The molecule has 0 bridgehead atoms. The highest BCUT2D eigenvalue weighted by Gasteiger charge is 2.03. The van der Waals surface area contributed by atoms with Gasteiger partial charge in [-0.05, 0) is 45.3 Å². The van der Waals surface area contributed by atoms with Gasteiger partial charge in [-0.3, -0.25) is 4.79 Å². The molecule has 0 fully saturated rings. The maximum Gasteiger partial charge on any atom is 0.185 e. The number of thiophene rings is 1. The summed E-state index contributed by atoms with van der Waals surface area (Å²) in [6, 6.07) is 19.8. The van der Waals surface area contributed by atoms with E-state index in [1.54, 1.807) is 17.4 Å². The van der Waals surface area contributed by atoms with Gasteiger partial charge < -0.3 is 0 Å². The Hall–Kier alpha value is -1.97. The molecular weight excluding hydrogens is 356 g/mol. The molecule has 0 radical (unpaired) electrons. The zero-order chi connectivity index (χ0) is 15.4. The van der Waals surface area contributed by atoms with E-state index >= 15 is 0 Å². The minimum absolute atomic E-state index is 0.0177. The average Bonchev–Trinajstić information content (AvgIpc) is 2.99. The lowest BCUT2D eigenvalue weighted by Crippen LogP contribution is -1.93. The standard InChI is InChI=1S/C19H13BrOS/c20-17-12-18(22-13-17)10-11-19(21)16-8-6-15(7-9-16)14-4-2-1-3-5-14/h1-13H. The molecule has 1 heterocycles. The van der Waals surface area contributed by atoms with E-state index < -0.39 is 0 Å². The first-order chi connectivity index (χ1) is 10.7. The van der Waals surface area contributed by atoms with Gasteiger partial charge in [0.05, 0.1) is 0 Å². The maximum absolute atomic E-state index is 12.2. The summed E-state index contributed by atoms with van der Waals surface area (Å²) >= 11 is 5.01. The van der Waals surface area contributed by atoms with Crippen molar-refractivity contribution in [1.82, 2.24) is 0 Å². The Morgan fingerprint density at radius 3 is 2.27 bits per heavy atom. The quantitative estimate of drug-likeness (QED) is 0.403. The maximum atomic E-state index is 12.2. The number of carbonyl (C=O) groups excluding carboxylic acids is 1. The zero-order valence-corrected chi connectivity index (χ0v) is 14.1. The molecule has 0 aliphatic carbocycles. The predicted octanol–water partition coefficient (Wildman–Crippen LogP) is 6.07. The van der Waals surface area contributed by atoms with Crippen molar-refractivity contribution in [2.24, 2.45) is 0 Å². The molecule has 0 saturated heterocycles. The molecule has 3 aromatic rings. The number of carbonyl (C=O) groups is 1. The van der Waals surface area contributed by atoms with E-state index in [1.807, 2.05) is 60.0 Å². The normalized spacial score (nSPS) is 11.0. The number of halogens is 1. The van der Waals surface area contributed by atoms with E-state index in [-0.39, 0.29) is 5.78 Å². The highest BCUT2D eigenvalue weighted by Crippen LogP contribution is 2.22. The van der Waals surface area contributed by atoms with Crippen LogP contribution in [-0.4, -0.2) is 5.78 Å². The molecule has 0 aliphatic heterocycles. The Kier molecular flexibility index (Phi) is 4.66. The fourth-order valence-corrected chi connectivity index (χ4v) is 3.46. The number of hydrogen-bond acceptors (Lipinski definition) is 2. The number of rotatable bonds is 4. The van der Waals surface area contributed by atoms with Crippen LogP contribution in [-0.2, 0) is 0 Å². The first-order valence-electron chi connectivity index (χ1n) is 6.84. The van der Waals surface area contributed by atoms with Crippen molar-refractivity contribution in [2.75, 3.05) is 0 Å². The first kappa shape index (κ1) is 14.9. The third kappa shape index (κ3) is 3.62. The summed E-state index contributed by atoms with van der Waals surface area (Å²) in [5.41, 5.74) is 2.97. The minimum Gasteiger partial charge on any atom is -0.289 e. The van der Waals surface area contributed by atoms with Gasteiger partial charge in [-0.15, -0.1) is 11.3 Å². The van der Waals surface area contributed by atoms with Crippen molar-refractivity contribution in [3.05, 3.63) is 87.0 Å². The minimum atomic E-state index is 0.0177. The first-order valence-corrected chi connectivity index (χ1v) is 8.51. The lowest BCUT2D eigenvalue weighted by Gasteiger charge is -2.02. The molecule has 0 saturated carbocycles. The van der Waals surface area contributed by atoms with Gasteiger partial charge in [-0.25, -0.2) is 0 Å². The molecule has 0 amide bonds. The van der Waals surface area contributed by atoms with Crippen molar-refractivity contribution in [2.45, 2.75) is 0 Å². The fraction of sp³-hybridized carbons (Fsp3) is 0. The molecule has 108 valence electrons. The number of hydrogen-bond donors (Lipinski definition) is 0. The van der Waals surface area contributed by atoms with Gasteiger partial charge in [0.25, 0.3) is 0 Å². The van der Waals surface area contributed by atoms with Crippen LogP contribution in [0.2, 0.25) is 0 Å². The van der Waals surface area contributed by atoms with Crippen LogP contribution in [0.3, 0.4) is 0 Å². The van der Waals surface area contributed by atoms with Crippen LogP contribution in [0.1, 0.15) is 15.2 Å². The summed E-state index contributed by atoms with van der Waals surface area (Å²) in [6.07, 6.45) is 3.47. The Morgan fingerprint density at radius 2 is 1.64 bits per heavy atom. The molecule has 3 heteroatoms. The summed E-state index contributed by atoms with van der Waals surface area (Å²) in [5.74, 6) is 0.0177. The molecule has 0 atom stereocenters. The number of benzene rings is 2. The fourth-order valence-electron chi connectivity index (χ4n) is 2.13. The Labute approximate surface area is 142 Å². The van der Waals surface area contributed by atoms with Gasteiger partial charge in [0.1, 0.15) is 0 Å². The van der Waals surface area contributed by atoms with Crippen LogP contribution in [0.5, 0.6) is 0 Å². The second kappa shape index (κ2) is 6.86. The van der Waals surface area contributed by atoms with E-state index in [0.29, 0.717) is 5.56 Å². The smallest absolute Gasteiger partial charge is 0.185 e. The van der Waals surface area contributed by atoms with Crippen LogP contribution in [0.15, 0.2) is 76.6 Å². The van der Waals surface area contributed by atoms with E-state index in [2.05, 4.69) is 28.1 Å². The van der Waals surface area contributed by atoms with Crippen LogP contribution in [0, 0.1) is 0 Å². The van der Waals surface area contributed by atoms with Gasteiger partial charge >= 0.3 is 0 Å². The molecular formula is C19H13BrOS. The van der Waals surface area contributed by atoms with Crippen molar-refractivity contribution in [3.8, 4) is 11.1 Å². The number of allylic oxidation sites excluding steroid dienone is 1. The molecule has 3 rings (SSSR count). The SMILES string of the molecule is O=C(C=Cc1cc(Br)cs1)c1ccc(-c2ccccc2)cc1. The van der Waals surface area contributed by atoms with Crippen LogP contribution in [0.25, 0.3) is 17.2 Å². The third-order valence-electron chi connectivity index (χ3n) is 3.26. The topological polar surface area (TPSA) is 17.1 Å². The van der Waals surface area contributed by atoms with Gasteiger partial charge in [-0.2, -0.15) is 0 Å². The van der Waals surface area contributed by atoms with Crippen LogP contribution >= 0.6 is 27.3 Å². The molecule has 0 aliphatic rings. The number of ketones is 1. The molecule has 22 heavy (non-hydrogen) atoms. The van der Waals surface area contributed by atoms with E-state index in [0.717, 1.165) is 20.5 Å². The van der Waals surface area contributed by atoms with Crippen molar-refractivity contribution in [1.29, 1.82) is 0 Å². The van der Waals surface area contributed by atoms with Crippen molar-refractivity contribution >= 4 is 39.1 Å². The molecule has 0 N–H and O–H groups in total. The molecule has 0 unspecified atom stereocenters. The molecule has 2 aromatic carbocycles. The largest absolute Gasteiger partial charge is 0.289 e. The summed E-state index contributed by atoms with van der Waals surface area (Å²) in [6.45, 7) is 0.